The first-order valence-corrected chi connectivity index (χ1v) is 6.81. The van der Waals surface area contributed by atoms with E-state index in [1.807, 2.05) is 12.1 Å². The van der Waals surface area contributed by atoms with Gasteiger partial charge in [0, 0.05) is 31.7 Å². The summed E-state index contributed by atoms with van der Waals surface area (Å²) in [6.07, 6.45) is 2.70. The molecule has 0 bridgehead atoms. The van der Waals surface area contributed by atoms with Crippen LogP contribution in [0.2, 0.25) is 0 Å². The predicted molar refractivity (Wildman–Crippen MR) is 70.6 cm³/mol. The van der Waals surface area contributed by atoms with Gasteiger partial charge in [0.1, 0.15) is 0 Å². The van der Waals surface area contributed by atoms with E-state index in [9.17, 15) is 0 Å². The zero-order valence-corrected chi connectivity index (χ0v) is 10.9. The molecule has 0 aliphatic carbocycles. The predicted octanol–water partition coefficient (Wildman–Crippen LogP) is 1.27. The van der Waals surface area contributed by atoms with Gasteiger partial charge < -0.3 is 10.1 Å². The minimum atomic E-state index is 0.698. The zero-order valence-electron chi connectivity index (χ0n) is 10.9. The number of ether oxygens (including phenoxy) is 1. The van der Waals surface area contributed by atoms with Crippen molar-refractivity contribution in [2.24, 2.45) is 5.92 Å². The molecule has 0 aromatic carbocycles. The lowest BCUT2D eigenvalue weighted by molar-refractivity contribution is 0.306. The molecule has 0 radical (unpaired) electrons. The average molecular weight is 247 g/mol. The van der Waals surface area contributed by atoms with E-state index in [-0.39, 0.29) is 0 Å². The van der Waals surface area contributed by atoms with Crippen molar-refractivity contribution in [3.8, 4) is 5.88 Å². The molecule has 1 N–H and O–H groups in total. The van der Waals surface area contributed by atoms with Crippen LogP contribution in [0.25, 0.3) is 0 Å². The van der Waals surface area contributed by atoms with Crippen LogP contribution in [0.3, 0.4) is 0 Å². The second-order valence-electron chi connectivity index (χ2n) is 5.33. The van der Waals surface area contributed by atoms with E-state index >= 15 is 0 Å². The molecule has 0 amide bonds. The van der Waals surface area contributed by atoms with Crippen LogP contribution in [-0.4, -0.2) is 42.7 Å². The van der Waals surface area contributed by atoms with Crippen LogP contribution in [0.4, 0.5) is 0 Å². The van der Waals surface area contributed by atoms with Gasteiger partial charge in [0.05, 0.1) is 12.8 Å². The summed E-state index contributed by atoms with van der Waals surface area (Å²) in [5.74, 6) is 1.55. The molecule has 18 heavy (non-hydrogen) atoms. The Bertz CT molecular complexity index is 396. The number of hydrogen-bond acceptors (Lipinski definition) is 4. The normalized spacial score (nSPS) is 28.1. The lowest BCUT2D eigenvalue weighted by Gasteiger charge is -2.24. The molecular weight excluding hydrogens is 226 g/mol. The first-order valence-electron chi connectivity index (χ1n) is 6.81. The van der Waals surface area contributed by atoms with Crippen LogP contribution in [0.1, 0.15) is 18.5 Å². The van der Waals surface area contributed by atoms with Crippen LogP contribution in [0.15, 0.2) is 18.2 Å². The molecule has 98 valence electrons. The topological polar surface area (TPSA) is 37.4 Å². The van der Waals surface area contributed by atoms with Gasteiger partial charge in [-0.15, -0.1) is 0 Å². The van der Waals surface area contributed by atoms with Crippen molar-refractivity contribution in [2.45, 2.75) is 25.4 Å². The molecule has 4 nitrogen and oxygen atoms in total. The van der Waals surface area contributed by atoms with Gasteiger partial charge in [-0.25, -0.2) is 4.98 Å². The Labute approximate surface area is 108 Å². The summed E-state index contributed by atoms with van der Waals surface area (Å²) in [7, 11) is 1.67. The number of nitrogens with one attached hydrogen (secondary N) is 1. The summed E-state index contributed by atoms with van der Waals surface area (Å²) >= 11 is 0. The Morgan fingerprint density at radius 1 is 1.44 bits per heavy atom. The first-order chi connectivity index (χ1) is 8.85. The highest BCUT2D eigenvalue weighted by Gasteiger charge is 2.34. The van der Waals surface area contributed by atoms with Gasteiger partial charge in [-0.1, -0.05) is 6.07 Å². The highest BCUT2D eigenvalue weighted by Crippen LogP contribution is 2.25. The quantitative estimate of drug-likeness (QED) is 0.873. The van der Waals surface area contributed by atoms with Crippen molar-refractivity contribution < 1.29 is 4.74 Å². The number of hydrogen-bond donors (Lipinski definition) is 1. The third kappa shape index (κ3) is 2.49. The number of rotatable bonds is 3. The molecule has 1 aromatic heterocycles. The maximum absolute atomic E-state index is 5.17. The number of fused-ring (bicyclic) bond motifs is 1. The third-order valence-corrected chi connectivity index (χ3v) is 4.05. The fourth-order valence-electron chi connectivity index (χ4n) is 3.15. The van der Waals surface area contributed by atoms with Crippen LogP contribution < -0.4 is 10.1 Å². The molecule has 2 aliphatic rings. The smallest absolute Gasteiger partial charge is 0.213 e. The van der Waals surface area contributed by atoms with Gasteiger partial charge in [-0.3, -0.25) is 4.90 Å². The van der Waals surface area contributed by atoms with E-state index in [4.69, 9.17) is 4.74 Å². The van der Waals surface area contributed by atoms with Crippen LogP contribution in [-0.2, 0) is 6.54 Å². The molecule has 2 fully saturated rings. The number of methoxy groups -OCH3 is 1. The van der Waals surface area contributed by atoms with Gasteiger partial charge >= 0.3 is 0 Å². The van der Waals surface area contributed by atoms with Crippen molar-refractivity contribution >= 4 is 0 Å². The van der Waals surface area contributed by atoms with Crippen LogP contribution >= 0.6 is 0 Å². The number of aromatic nitrogens is 1. The van der Waals surface area contributed by atoms with Crippen molar-refractivity contribution in [3.05, 3.63) is 23.9 Å². The molecule has 3 heterocycles. The first kappa shape index (κ1) is 11.9. The fraction of sp³-hybridized carbons (Fsp3) is 0.643. The van der Waals surface area contributed by atoms with Gasteiger partial charge in [-0.05, 0) is 31.4 Å². The second-order valence-corrected chi connectivity index (χ2v) is 5.33. The Balaban J connectivity index is 1.63. The number of nitrogens with zero attached hydrogens (tertiary/aromatic N) is 2. The summed E-state index contributed by atoms with van der Waals surface area (Å²) in [4.78, 5) is 7.00. The number of piperidine rings is 1. The lowest BCUT2D eigenvalue weighted by Crippen LogP contribution is -2.40. The Hall–Kier alpha value is -1.13. The van der Waals surface area contributed by atoms with Crippen molar-refractivity contribution in [1.29, 1.82) is 0 Å². The number of pyridine rings is 1. The van der Waals surface area contributed by atoms with Gasteiger partial charge in [-0.2, -0.15) is 0 Å². The van der Waals surface area contributed by atoms with Gasteiger partial charge in [0.25, 0.3) is 0 Å². The highest BCUT2D eigenvalue weighted by atomic mass is 16.5. The Kier molecular flexibility index (Phi) is 3.48. The van der Waals surface area contributed by atoms with E-state index in [0.717, 1.165) is 24.7 Å². The van der Waals surface area contributed by atoms with Crippen LogP contribution in [0, 0.1) is 5.92 Å². The van der Waals surface area contributed by atoms with E-state index < -0.39 is 0 Å². The standard InChI is InChI=1S/C14H21N3O/c1-18-14-6-2-5-12(16-14)9-17-8-11-4-3-7-15-13(11)10-17/h2,5-6,11,13,15H,3-4,7-10H2,1H3/t11-,13+/m0/s1. The van der Waals surface area contributed by atoms with E-state index in [1.54, 1.807) is 7.11 Å². The van der Waals surface area contributed by atoms with Gasteiger partial charge in [0.2, 0.25) is 5.88 Å². The molecule has 2 atom stereocenters. The fourth-order valence-corrected chi connectivity index (χ4v) is 3.15. The molecular formula is C14H21N3O. The van der Waals surface area contributed by atoms with Crippen molar-refractivity contribution in [1.82, 2.24) is 15.2 Å². The molecule has 2 saturated heterocycles. The van der Waals surface area contributed by atoms with Crippen molar-refractivity contribution in [2.75, 3.05) is 26.7 Å². The molecule has 4 heteroatoms. The Morgan fingerprint density at radius 2 is 2.39 bits per heavy atom. The van der Waals surface area contributed by atoms with Gasteiger partial charge in [0.15, 0.2) is 0 Å². The van der Waals surface area contributed by atoms with E-state index in [1.165, 1.54) is 25.9 Å². The summed E-state index contributed by atoms with van der Waals surface area (Å²) in [5, 5.41) is 3.63. The molecule has 0 spiro atoms. The summed E-state index contributed by atoms with van der Waals surface area (Å²) in [6, 6.07) is 6.69. The molecule has 3 rings (SSSR count). The molecule has 0 saturated carbocycles. The third-order valence-electron chi connectivity index (χ3n) is 4.05. The largest absolute Gasteiger partial charge is 0.481 e. The SMILES string of the molecule is COc1cccc(CN2C[C@@H]3CCCN[C@@H]3C2)n1. The minimum absolute atomic E-state index is 0.698. The molecule has 1 aromatic rings. The maximum Gasteiger partial charge on any atom is 0.213 e. The zero-order chi connectivity index (χ0) is 12.4. The second kappa shape index (κ2) is 5.24. The Morgan fingerprint density at radius 3 is 3.22 bits per heavy atom. The molecule has 0 unspecified atom stereocenters. The van der Waals surface area contributed by atoms with E-state index in [0.29, 0.717) is 11.9 Å². The summed E-state index contributed by atoms with van der Waals surface area (Å²) in [5.41, 5.74) is 1.10. The lowest BCUT2D eigenvalue weighted by atomic mass is 9.94. The highest BCUT2D eigenvalue weighted by molar-refractivity contribution is 5.15. The molecule has 2 aliphatic heterocycles. The summed E-state index contributed by atoms with van der Waals surface area (Å²) in [6.45, 7) is 4.48. The minimum Gasteiger partial charge on any atom is -0.481 e. The van der Waals surface area contributed by atoms with Crippen molar-refractivity contribution in [3.63, 3.8) is 0 Å². The van der Waals surface area contributed by atoms with E-state index in [2.05, 4.69) is 21.3 Å². The monoisotopic (exact) mass is 247 g/mol. The number of likely N-dealkylation sites (tertiary alicyclic amines) is 1. The maximum atomic E-state index is 5.17. The average Bonchev–Trinajstić information content (AvgIpc) is 2.81. The van der Waals surface area contributed by atoms with Crippen LogP contribution in [0.5, 0.6) is 5.88 Å². The summed E-state index contributed by atoms with van der Waals surface area (Å²) < 4.78 is 5.17.